The van der Waals surface area contributed by atoms with Gasteiger partial charge in [0.15, 0.2) is 5.01 Å². The second-order valence-corrected chi connectivity index (χ2v) is 5.43. The van der Waals surface area contributed by atoms with Crippen LogP contribution in [0.25, 0.3) is 10.6 Å². The number of nitrogens with one attached hydrogen (secondary N) is 1. The lowest BCUT2D eigenvalue weighted by molar-refractivity contribution is 0.399. The highest BCUT2D eigenvalue weighted by Gasteiger charge is 2.17. The van der Waals surface area contributed by atoms with Crippen LogP contribution >= 0.6 is 11.3 Å². The minimum Gasteiger partial charge on any atom is -0.480 e. The molecule has 0 aliphatic rings. The van der Waals surface area contributed by atoms with E-state index in [0.717, 1.165) is 35.0 Å². The first-order valence-corrected chi connectivity index (χ1v) is 7.67. The Labute approximate surface area is 123 Å². The number of methoxy groups -OCH3 is 1. The minimum absolute atomic E-state index is 0.267. The van der Waals surface area contributed by atoms with Crippen LogP contribution in [0, 0.1) is 0 Å². The Kier molecular flexibility index (Phi) is 5.43. The van der Waals surface area contributed by atoms with Gasteiger partial charge in [0, 0.05) is 6.20 Å². The summed E-state index contributed by atoms with van der Waals surface area (Å²) < 4.78 is 5.27. The van der Waals surface area contributed by atoms with Gasteiger partial charge in [0.05, 0.1) is 18.7 Å². The monoisotopic (exact) mass is 292 g/mol. The van der Waals surface area contributed by atoms with Crippen molar-refractivity contribution in [2.75, 3.05) is 13.7 Å². The number of hydrogen-bond acceptors (Lipinski definition) is 6. The molecule has 1 N–H and O–H groups in total. The van der Waals surface area contributed by atoms with E-state index in [9.17, 15) is 0 Å². The molecule has 0 aromatic carbocycles. The van der Waals surface area contributed by atoms with E-state index in [-0.39, 0.29) is 6.04 Å². The van der Waals surface area contributed by atoms with E-state index in [1.54, 1.807) is 24.6 Å². The normalized spacial score (nSPS) is 12.3. The van der Waals surface area contributed by atoms with Crippen LogP contribution in [-0.2, 0) is 0 Å². The average molecular weight is 292 g/mol. The molecule has 1 unspecified atom stereocenters. The van der Waals surface area contributed by atoms with Gasteiger partial charge in [-0.2, -0.15) is 0 Å². The van der Waals surface area contributed by atoms with Gasteiger partial charge in [-0.1, -0.05) is 25.2 Å². The van der Waals surface area contributed by atoms with Gasteiger partial charge in [0.2, 0.25) is 5.88 Å². The van der Waals surface area contributed by atoms with Crippen molar-refractivity contribution < 1.29 is 4.74 Å². The van der Waals surface area contributed by atoms with Gasteiger partial charge in [-0.05, 0) is 31.5 Å². The number of hydrogen-bond donors (Lipinski definition) is 1. The quantitative estimate of drug-likeness (QED) is 0.850. The van der Waals surface area contributed by atoms with Crippen molar-refractivity contribution in [3.05, 3.63) is 23.3 Å². The van der Waals surface area contributed by atoms with Crippen molar-refractivity contribution in [1.29, 1.82) is 0 Å². The minimum atomic E-state index is 0.267. The van der Waals surface area contributed by atoms with E-state index in [1.807, 2.05) is 12.1 Å². The van der Waals surface area contributed by atoms with Gasteiger partial charge < -0.3 is 10.1 Å². The number of rotatable bonds is 7. The van der Waals surface area contributed by atoms with Crippen molar-refractivity contribution in [1.82, 2.24) is 20.5 Å². The first-order chi connectivity index (χ1) is 9.80. The van der Waals surface area contributed by atoms with Crippen molar-refractivity contribution in [2.24, 2.45) is 0 Å². The summed E-state index contributed by atoms with van der Waals surface area (Å²) in [5.74, 6) is 0.588. The van der Waals surface area contributed by atoms with E-state index < -0.39 is 0 Å². The number of aromatic nitrogens is 3. The Morgan fingerprint density at radius 1 is 1.35 bits per heavy atom. The smallest absolute Gasteiger partial charge is 0.223 e. The third-order valence-electron chi connectivity index (χ3n) is 2.98. The fourth-order valence-electron chi connectivity index (χ4n) is 1.93. The summed E-state index contributed by atoms with van der Waals surface area (Å²) in [5.41, 5.74) is 0.893. The van der Waals surface area contributed by atoms with Gasteiger partial charge in [-0.15, -0.1) is 10.2 Å². The Hall–Kier alpha value is -1.53. The van der Waals surface area contributed by atoms with E-state index in [0.29, 0.717) is 5.88 Å². The molecule has 2 aromatic heterocycles. The Bertz CT molecular complexity index is 543. The summed E-state index contributed by atoms with van der Waals surface area (Å²) in [6.45, 7) is 5.30. The van der Waals surface area contributed by atoms with Crippen LogP contribution in [-0.4, -0.2) is 28.8 Å². The lowest BCUT2D eigenvalue weighted by Crippen LogP contribution is -2.21. The molecule has 0 bridgehead atoms. The summed E-state index contributed by atoms with van der Waals surface area (Å²) in [7, 11) is 1.62. The Balaban J connectivity index is 2.23. The zero-order chi connectivity index (χ0) is 14.4. The summed E-state index contributed by atoms with van der Waals surface area (Å²) in [6, 6.07) is 4.10. The van der Waals surface area contributed by atoms with Crippen LogP contribution in [0.5, 0.6) is 5.88 Å². The molecular formula is C14H20N4OS. The van der Waals surface area contributed by atoms with E-state index in [2.05, 4.69) is 34.3 Å². The van der Waals surface area contributed by atoms with Crippen LogP contribution in [0.3, 0.4) is 0 Å². The zero-order valence-corrected chi connectivity index (χ0v) is 12.9. The fourth-order valence-corrected chi connectivity index (χ4v) is 2.94. The molecule has 0 aliphatic carbocycles. The van der Waals surface area contributed by atoms with E-state index in [4.69, 9.17) is 4.74 Å². The third-order valence-corrected chi connectivity index (χ3v) is 4.05. The number of pyridine rings is 1. The van der Waals surface area contributed by atoms with Gasteiger partial charge >= 0.3 is 0 Å². The molecule has 2 rings (SSSR count). The molecule has 20 heavy (non-hydrogen) atoms. The Morgan fingerprint density at radius 3 is 2.90 bits per heavy atom. The lowest BCUT2D eigenvalue weighted by Gasteiger charge is -2.12. The molecule has 6 heteroatoms. The molecule has 5 nitrogen and oxygen atoms in total. The predicted molar refractivity (Wildman–Crippen MR) is 81.0 cm³/mol. The Morgan fingerprint density at radius 2 is 2.20 bits per heavy atom. The molecule has 0 saturated heterocycles. The fraction of sp³-hybridized carbons (Fsp3) is 0.500. The molecule has 2 aromatic rings. The lowest BCUT2D eigenvalue weighted by atomic mass is 10.2. The van der Waals surface area contributed by atoms with Gasteiger partial charge in [-0.25, -0.2) is 4.98 Å². The van der Waals surface area contributed by atoms with E-state index >= 15 is 0 Å². The first-order valence-electron chi connectivity index (χ1n) is 6.86. The second kappa shape index (κ2) is 7.31. The van der Waals surface area contributed by atoms with Crippen LogP contribution in [0.2, 0.25) is 0 Å². The molecule has 108 valence electrons. The maximum Gasteiger partial charge on any atom is 0.223 e. The van der Waals surface area contributed by atoms with Crippen LogP contribution < -0.4 is 10.1 Å². The van der Waals surface area contributed by atoms with Crippen molar-refractivity contribution >= 4 is 11.3 Å². The maximum atomic E-state index is 5.27. The predicted octanol–water partition coefficient (Wildman–Crippen LogP) is 3.06. The van der Waals surface area contributed by atoms with Gasteiger partial charge in [0.25, 0.3) is 0 Å². The summed E-state index contributed by atoms with van der Waals surface area (Å²) >= 11 is 1.59. The molecule has 0 saturated carbocycles. The summed E-state index contributed by atoms with van der Waals surface area (Å²) in [6.07, 6.45) is 3.82. The summed E-state index contributed by atoms with van der Waals surface area (Å²) in [5, 5.41) is 13.9. The molecule has 0 fully saturated rings. The van der Waals surface area contributed by atoms with Crippen molar-refractivity contribution in [3.8, 4) is 16.5 Å². The molecular weight excluding hydrogens is 272 g/mol. The number of ether oxygens (including phenoxy) is 1. The van der Waals surface area contributed by atoms with Crippen molar-refractivity contribution in [2.45, 2.75) is 32.7 Å². The molecule has 0 aliphatic heterocycles. The molecule has 0 radical (unpaired) electrons. The standard InChI is InChI=1S/C14H20N4OS/c1-4-8-15-11(5-2)14-18-17-13(20-14)10-7-6-9-16-12(10)19-3/h6-7,9,11,15H,4-5,8H2,1-3H3. The van der Waals surface area contributed by atoms with Crippen LogP contribution in [0.15, 0.2) is 18.3 Å². The van der Waals surface area contributed by atoms with Gasteiger partial charge in [0.1, 0.15) is 5.01 Å². The number of nitrogens with zero attached hydrogens (tertiary/aromatic N) is 3. The molecule has 2 heterocycles. The zero-order valence-electron chi connectivity index (χ0n) is 12.1. The SMILES string of the molecule is CCCNC(CC)c1nnc(-c2cccnc2OC)s1. The largest absolute Gasteiger partial charge is 0.480 e. The maximum absolute atomic E-state index is 5.27. The van der Waals surface area contributed by atoms with Gasteiger partial charge in [-0.3, -0.25) is 0 Å². The van der Waals surface area contributed by atoms with E-state index in [1.165, 1.54) is 0 Å². The highest BCUT2D eigenvalue weighted by atomic mass is 32.1. The first kappa shape index (κ1) is 14.9. The average Bonchev–Trinajstić information content (AvgIpc) is 2.97. The highest BCUT2D eigenvalue weighted by Crippen LogP contribution is 2.32. The molecule has 0 spiro atoms. The topological polar surface area (TPSA) is 59.9 Å². The molecule has 0 amide bonds. The summed E-state index contributed by atoms with van der Waals surface area (Å²) in [4.78, 5) is 4.20. The highest BCUT2D eigenvalue weighted by molar-refractivity contribution is 7.14. The second-order valence-electron chi connectivity index (χ2n) is 4.42. The third kappa shape index (κ3) is 3.32. The van der Waals surface area contributed by atoms with Crippen LogP contribution in [0.1, 0.15) is 37.7 Å². The van der Waals surface area contributed by atoms with Crippen LogP contribution in [0.4, 0.5) is 0 Å². The van der Waals surface area contributed by atoms with Crippen molar-refractivity contribution in [3.63, 3.8) is 0 Å². The molecule has 1 atom stereocenters.